The number of aliphatic hydroxyl groups excluding tert-OH is 2. The monoisotopic (exact) mass is 1080 g/mol. The molecule has 76 heavy (non-hydrogen) atoms. The third-order valence-corrected chi connectivity index (χ3v) is 12.3. The summed E-state index contributed by atoms with van der Waals surface area (Å²) in [6.07, 6.45) is -3.46. The van der Waals surface area contributed by atoms with Crippen molar-refractivity contribution in [2.45, 2.75) is 179 Å². The van der Waals surface area contributed by atoms with Crippen molar-refractivity contribution in [3.63, 3.8) is 0 Å². The summed E-state index contributed by atoms with van der Waals surface area (Å²) in [5, 5.41) is 48.8. The molecule has 11 amide bonds. The minimum absolute atomic E-state index is 0.00628. The molecule has 434 valence electrons. The van der Waals surface area contributed by atoms with E-state index in [1.807, 2.05) is 13.8 Å². The van der Waals surface area contributed by atoms with Crippen LogP contribution in [0.5, 0.6) is 0 Å². The molecule has 13 atom stereocenters. The second kappa shape index (κ2) is 35.3. The predicted octanol–water partition coefficient (Wildman–Crippen LogP) is -7.64. The molecule has 29 nitrogen and oxygen atoms in total. The van der Waals surface area contributed by atoms with Gasteiger partial charge in [0.2, 0.25) is 65.0 Å². The van der Waals surface area contributed by atoms with Crippen molar-refractivity contribution in [2.24, 2.45) is 40.5 Å². The Balaban J connectivity index is 3.76. The molecule has 23 N–H and O–H groups in total. The van der Waals surface area contributed by atoms with Crippen molar-refractivity contribution in [1.82, 2.24) is 58.5 Å². The highest BCUT2D eigenvalue weighted by atomic mass is 16.3. The summed E-state index contributed by atoms with van der Waals surface area (Å²) in [4.78, 5) is 150. The Hall–Kier alpha value is -6.11. The summed E-state index contributed by atoms with van der Waals surface area (Å²) in [7, 11) is 0. The summed E-state index contributed by atoms with van der Waals surface area (Å²) >= 11 is 0. The zero-order valence-corrected chi connectivity index (χ0v) is 45.0. The molecule has 0 aromatic carbocycles. The number of carbonyl (C=O) groups excluding carboxylic acids is 11. The highest BCUT2D eigenvalue weighted by molar-refractivity contribution is 5.99. The second-order valence-electron chi connectivity index (χ2n) is 19.5. The van der Waals surface area contributed by atoms with Crippen LogP contribution in [0.4, 0.5) is 0 Å². The van der Waals surface area contributed by atoms with Crippen molar-refractivity contribution in [2.75, 3.05) is 39.3 Å². The first-order chi connectivity index (χ1) is 35.8. The van der Waals surface area contributed by atoms with Crippen LogP contribution >= 0.6 is 0 Å². The van der Waals surface area contributed by atoms with Gasteiger partial charge in [-0.1, -0.05) is 34.1 Å². The number of hydrogen-bond acceptors (Lipinski definition) is 18. The third-order valence-electron chi connectivity index (χ3n) is 12.3. The van der Waals surface area contributed by atoms with E-state index in [1.165, 1.54) is 20.8 Å². The van der Waals surface area contributed by atoms with Crippen LogP contribution in [0.25, 0.3) is 0 Å². The summed E-state index contributed by atoms with van der Waals surface area (Å²) in [6, 6.07) is -14.5. The molecule has 1 rings (SSSR count). The van der Waals surface area contributed by atoms with E-state index in [4.69, 9.17) is 28.7 Å². The summed E-state index contributed by atoms with van der Waals surface area (Å²) < 4.78 is 0. The van der Waals surface area contributed by atoms with Crippen molar-refractivity contribution < 1.29 is 63.0 Å². The highest BCUT2D eigenvalue weighted by Crippen LogP contribution is 2.10. The summed E-state index contributed by atoms with van der Waals surface area (Å²) in [6.45, 7) is 9.88. The van der Waals surface area contributed by atoms with E-state index in [0.29, 0.717) is 6.42 Å². The average Bonchev–Trinajstić information content (AvgIpc) is 3.34. The lowest BCUT2D eigenvalue weighted by Crippen LogP contribution is -2.62. The van der Waals surface area contributed by atoms with Crippen molar-refractivity contribution in [1.29, 1.82) is 0 Å². The van der Waals surface area contributed by atoms with Gasteiger partial charge in [0.15, 0.2) is 0 Å². The molecule has 0 bridgehead atoms. The van der Waals surface area contributed by atoms with Gasteiger partial charge in [0.05, 0.1) is 12.2 Å². The van der Waals surface area contributed by atoms with Gasteiger partial charge in [0.1, 0.15) is 60.4 Å². The Morgan fingerprint density at radius 1 is 0.579 bits per heavy atom. The molecule has 0 aromatic rings. The number of nitrogens with one attached hydrogen (secondary N) is 11. The van der Waals surface area contributed by atoms with Crippen LogP contribution in [-0.4, -0.2) is 187 Å². The Morgan fingerprint density at radius 2 is 1.05 bits per heavy atom. The van der Waals surface area contributed by atoms with Crippen molar-refractivity contribution >= 4 is 65.0 Å². The molecular formula is C47H88N16O13. The molecule has 29 heteroatoms. The lowest BCUT2D eigenvalue weighted by Gasteiger charge is -2.28. The van der Waals surface area contributed by atoms with E-state index in [2.05, 4.69) is 58.5 Å². The minimum atomic E-state index is -1.69. The SMILES string of the molecule is CC[C@H](C)CC(=O)N[C@@H](CCN)C(=O)N[C@H](C(=O)N[C@@H](CCN)C(=O)N[C@H]1CCNC(=O)[C@H]([C@@H](C)O)NC(=O)[C@H](CCN)NC(=O)[C@H](CCN)NC(=O)[C@H](CC(C)C)NC(=O)[C@@H](C)NC(=O)[C@H](CCN)NC1=O)[C@@H](C)O. The third kappa shape index (κ3) is 23.8. The molecular weight excluding hydrogens is 997 g/mol. The van der Waals surface area contributed by atoms with E-state index >= 15 is 0 Å². The zero-order chi connectivity index (χ0) is 57.8. The Labute approximate surface area is 444 Å². The van der Waals surface area contributed by atoms with E-state index in [1.54, 1.807) is 13.8 Å². The maximum absolute atomic E-state index is 14.2. The first-order valence-electron chi connectivity index (χ1n) is 26.0. The van der Waals surface area contributed by atoms with Gasteiger partial charge in [0, 0.05) is 13.0 Å². The smallest absolute Gasteiger partial charge is 0.245 e. The van der Waals surface area contributed by atoms with Crippen LogP contribution in [0, 0.1) is 11.8 Å². The number of amides is 11. The standard InChI is InChI=1S/C47H88N16O13/c1-8-24(4)22-35(66)55-28(9-15-48)43(72)63-37(27(7)65)47(76)60-31(12-18-51)41(70)59-33-14-20-53-46(75)36(26(6)64)62-44(73)32(13-19-52)57-40(69)30(11-17-50)58-45(74)34(21-23(2)3)61-38(67)25(5)54-39(68)29(10-16-49)56-42(33)71/h23-34,36-37,64-65H,8-22,48-52H2,1-7H3,(H,53,75)(H,54,68)(H,55,66)(H,56,71)(H,57,69)(H,58,74)(H,59,70)(H,60,76)(H,61,67)(H,62,73)(H,63,72)/t24-,25+,26+,27+,28-,29-,30-,31-,32-,33-,34-,36-,37-/m0/s1. The number of nitrogens with two attached hydrogens (primary N) is 5. The fourth-order valence-electron chi connectivity index (χ4n) is 7.66. The molecule has 1 fully saturated rings. The van der Waals surface area contributed by atoms with E-state index in [-0.39, 0.29) is 89.5 Å². The van der Waals surface area contributed by atoms with Crippen LogP contribution in [-0.2, 0) is 52.7 Å². The molecule has 0 saturated carbocycles. The van der Waals surface area contributed by atoms with Crippen molar-refractivity contribution in [3.8, 4) is 0 Å². The number of aliphatic hydroxyl groups is 2. The van der Waals surface area contributed by atoms with Crippen LogP contribution in [0.1, 0.15) is 106 Å². The predicted molar refractivity (Wildman–Crippen MR) is 278 cm³/mol. The van der Waals surface area contributed by atoms with Gasteiger partial charge < -0.3 is 97.4 Å². The largest absolute Gasteiger partial charge is 0.391 e. The Bertz CT molecular complexity index is 1950. The lowest BCUT2D eigenvalue weighted by atomic mass is 10.0. The van der Waals surface area contributed by atoms with Crippen LogP contribution < -0.4 is 87.2 Å². The van der Waals surface area contributed by atoms with Gasteiger partial charge in [0.25, 0.3) is 0 Å². The molecule has 0 aromatic heterocycles. The first kappa shape index (κ1) is 67.9. The molecule has 1 aliphatic heterocycles. The quantitative estimate of drug-likeness (QED) is 0.0427. The average molecular weight is 1090 g/mol. The second-order valence-corrected chi connectivity index (χ2v) is 19.5. The normalized spacial score (nSPS) is 24.2. The van der Waals surface area contributed by atoms with Crippen molar-refractivity contribution in [3.05, 3.63) is 0 Å². The molecule has 0 aliphatic carbocycles. The van der Waals surface area contributed by atoms with E-state index in [9.17, 15) is 63.0 Å². The number of hydrogen-bond donors (Lipinski definition) is 18. The van der Waals surface area contributed by atoms with Crippen LogP contribution in [0.15, 0.2) is 0 Å². The fraction of sp³-hybridized carbons (Fsp3) is 0.766. The van der Waals surface area contributed by atoms with Gasteiger partial charge in [-0.25, -0.2) is 0 Å². The van der Waals surface area contributed by atoms with E-state index < -0.39 is 151 Å². The lowest BCUT2D eigenvalue weighted by molar-refractivity contribution is -0.137. The molecule has 1 saturated heterocycles. The molecule has 0 radical (unpaired) electrons. The Kier molecular flexibility index (Phi) is 31.5. The zero-order valence-electron chi connectivity index (χ0n) is 45.0. The Morgan fingerprint density at radius 3 is 1.53 bits per heavy atom. The molecule has 0 unspecified atom stereocenters. The highest BCUT2D eigenvalue weighted by Gasteiger charge is 2.37. The number of carbonyl (C=O) groups is 11. The fourth-order valence-corrected chi connectivity index (χ4v) is 7.66. The maximum Gasteiger partial charge on any atom is 0.245 e. The molecule has 1 aliphatic rings. The minimum Gasteiger partial charge on any atom is -0.391 e. The van der Waals surface area contributed by atoms with Gasteiger partial charge in [-0.2, -0.15) is 0 Å². The van der Waals surface area contributed by atoms with Gasteiger partial charge in [-0.3, -0.25) is 52.7 Å². The molecule has 1 heterocycles. The topological polar surface area (TPSA) is 491 Å². The summed E-state index contributed by atoms with van der Waals surface area (Å²) in [5.41, 5.74) is 28.9. The van der Waals surface area contributed by atoms with Gasteiger partial charge >= 0.3 is 0 Å². The van der Waals surface area contributed by atoms with Gasteiger partial charge in [-0.15, -0.1) is 0 Å². The van der Waals surface area contributed by atoms with E-state index in [0.717, 1.165) is 0 Å². The molecule has 0 spiro atoms. The first-order valence-corrected chi connectivity index (χ1v) is 26.0. The maximum atomic E-state index is 14.2. The van der Waals surface area contributed by atoms with Gasteiger partial charge in [-0.05, 0) is 110 Å². The number of rotatable bonds is 24. The summed E-state index contributed by atoms with van der Waals surface area (Å²) in [5.74, 6) is -9.91. The van der Waals surface area contributed by atoms with Crippen LogP contribution in [0.3, 0.4) is 0 Å². The van der Waals surface area contributed by atoms with Crippen LogP contribution in [0.2, 0.25) is 0 Å².